The van der Waals surface area contributed by atoms with E-state index in [9.17, 15) is 0 Å². The third-order valence-corrected chi connectivity index (χ3v) is 3.02. The number of nitrogens with zero attached hydrogens (tertiary/aromatic N) is 2. The highest BCUT2D eigenvalue weighted by Crippen LogP contribution is 2.36. The van der Waals surface area contributed by atoms with Gasteiger partial charge in [0.15, 0.2) is 11.5 Å². The van der Waals surface area contributed by atoms with Gasteiger partial charge in [-0.15, -0.1) is 0 Å². The van der Waals surface area contributed by atoms with Crippen LogP contribution in [-0.4, -0.2) is 38.8 Å². The van der Waals surface area contributed by atoms with Crippen LogP contribution >= 0.6 is 15.9 Å². The van der Waals surface area contributed by atoms with E-state index in [1.807, 2.05) is 21.0 Å². The normalized spacial score (nSPS) is 10.3. The van der Waals surface area contributed by atoms with Crippen LogP contribution in [0.1, 0.15) is 18.9 Å². The number of ether oxygens (including phenoxy) is 2. The molecule has 0 unspecified atom stereocenters. The predicted molar refractivity (Wildman–Crippen MR) is 78.7 cm³/mol. The summed E-state index contributed by atoms with van der Waals surface area (Å²) in [6, 6.07) is 5.55. The van der Waals surface area contributed by atoms with Gasteiger partial charge in [0.25, 0.3) is 0 Å². The molecule has 1 aromatic rings. The molecule has 0 spiro atoms. The Morgan fingerprint density at radius 3 is 2.63 bits per heavy atom. The zero-order chi connectivity index (χ0) is 14.3. The Hall–Kier alpha value is -1.25. The van der Waals surface area contributed by atoms with Crippen molar-refractivity contribution in [1.82, 2.24) is 4.90 Å². The van der Waals surface area contributed by atoms with Crippen LogP contribution in [0.4, 0.5) is 0 Å². The molecule has 0 saturated carbocycles. The fourth-order valence-electron chi connectivity index (χ4n) is 1.59. The van der Waals surface area contributed by atoms with E-state index in [1.54, 1.807) is 12.1 Å². The Bertz CT molecular complexity index is 455. The van der Waals surface area contributed by atoms with Gasteiger partial charge in [0.2, 0.25) is 0 Å². The van der Waals surface area contributed by atoms with Gasteiger partial charge in [0.05, 0.1) is 29.3 Å². The van der Waals surface area contributed by atoms with E-state index in [0.717, 1.165) is 17.4 Å². The molecular weight excluding hydrogens is 308 g/mol. The highest BCUT2D eigenvalue weighted by molar-refractivity contribution is 9.10. The molecule has 0 aliphatic heterocycles. The van der Waals surface area contributed by atoms with Crippen LogP contribution in [0.15, 0.2) is 16.6 Å². The highest BCUT2D eigenvalue weighted by atomic mass is 79.9. The second-order valence-electron chi connectivity index (χ2n) is 4.34. The summed E-state index contributed by atoms with van der Waals surface area (Å²) in [4.78, 5) is 2.11. The SMILES string of the molecule is CCOc1cc(C#N)cc(Br)c1OCCCN(C)C. The highest BCUT2D eigenvalue weighted by Gasteiger charge is 2.12. The van der Waals surface area contributed by atoms with Crippen molar-refractivity contribution in [2.75, 3.05) is 33.9 Å². The molecular formula is C14H19BrN2O2. The van der Waals surface area contributed by atoms with E-state index in [1.165, 1.54) is 0 Å². The van der Waals surface area contributed by atoms with Gasteiger partial charge in [-0.05, 0) is 49.4 Å². The standard InChI is InChI=1S/C14H19BrN2O2/c1-4-18-13-9-11(10-16)8-12(15)14(13)19-7-5-6-17(2)3/h8-9H,4-7H2,1-3H3. The Morgan fingerprint density at radius 2 is 2.05 bits per heavy atom. The summed E-state index contributed by atoms with van der Waals surface area (Å²) >= 11 is 3.42. The molecule has 5 heteroatoms. The topological polar surface area (TPSA) is 45.5 Å². The molecule has 4 nitrogen and oxygen atoms in total. The summed E-state index contributed by atoms with van der Waals surface area (Å²) in [6.45, 7) is 4.03. The molecule has 1 aromatic carbocycles. The second kappa shape index (κ2) is 8.03. The minimum absolute atomic E-state index is 0.537. The van der Waals surface area contributed by atoms with Crippen LogP contribution in [0.3, 0.4) is 0 Å². The molecule has 104 valence electrons. The Morgan fingerprint density at radius 1 is 1.32 bits per heavy atom. The fourth-order valence-corrected chi connectivity index (χ4v) is 2.15. The predicted octanol–water partition coefficient (Wildman–Crippen LogP) is 3.05. The summed E-state index contributed by atoms with van der Waals surface area (Å²) in [5.74, 6) is 1.28. The molecule has 0 aromatic heterocycles. The Balaban J connectivity index is 2.77. The zero-order valence-electron chi connectivity index (χ0n) is 11.6. The average Bonchev–Trinajstić information content (AvgIpc) is 2.36. The van der Waals surface area contributed by atoms with Gasteiger partial charge >= 0.3 is 0 Å². The number of nitriles is 1. The van der Waals surface area contributed by atoms with Crippen molar-refractivity contribution in [2.45, 2.75) is 13.3 Å². The summed E-state index contributed by atoms with van der Waals surface area (Å²) < 4.78 is 12.0. The molecule has 1 rings (SSSR count). The van der Waals surface area contributed by atoms with Crippen molar-refractivity contribution in [2.24, 2.45) is 0 Å². The van der Waals surface area contributed by atoms with Crippen molar-refractivity contribution in [1.29, 1.82) is 5.26 Å². The van der Waals surface area contributed by atoms with E-state index >= 15 is 0 Å². The molecule has 0 amide bonds. The van der Waals surface area contributed by atoms with E-state index in [2.05, 4.69) is 26.9 Å². The molecule has 0 bridgehead atoms. The summed E-state index contributed by atoms with van der Waals surface area (Å²) in [5, 5.41) is 8.95. The lowest BCUT2D eigenvalue weighted by atomic mass is 10.2. The van der Waals surface area contributed by atoms with Crippen LogP contribution in [-0.2, 0) is 0 Å². The lowest BCUT2D eigenvalue weighted by Gasteiger charge is -2.15. The second-order valence-corrected chi connectivity index (χ2v) is 5.19. The van der Waals surface area contributed by atoms with Crippen molar-refractivity contribution < 1.29 is 9.47 Å². The van der Waals surface area contributed by atoms with E-state index < -0.39 is 0 Å². The number of halogens is 1. The Kier molecular flexibility index (Phi) is 6.68. The van der Waals surface area contributed by atoms with Gasteiger partial charge in [-0.25, -0.2) is 0 Å². The maximum Gasteiger partial charge on any atom is 0.175 e. The first-order chi connectivity index (χ1) is 9.08. The van der Waals surface area contributed by atoms with Crippen molar-refractivity contribution in [3.8, 4) is 17.6 Å². The number of hydrogen-bond donors (Lipinski definition) is 0. The van der Waals surface area contributed by atoms with Crippen molar-refractivity contribution in [3.05, 3.63) is 22.2 Å². The molecule has 0 heterocycles. The van der Waals surface area contributed by atoms with Crippen LogP contribution in [0.25, 0.3) is 0 Å². The lowest BCUT2D eigenvalue weighted by molar-refractivity contribution is 0.257. The minimum atomic E-state index is 0.537. The molecule has 0 N–H and O–H groups in total. The van der Waals surface area contributed by atoms with Gasteiger partial charge in [0, 0.05) is 12.6 Å². The van der Waals surface area contributed by atoms with Crippen LogP contribution in [0.5, 0.6) is 11.5 Å². The number of benzene rings is 1. The average molecular weight is 327 g/mol. The summed E-state index contributed by atoms with van der Waals surface area (Å²) in [6.07, 6.45) is 0.936. The summed E-state index contributed by atoms with van der Waals surface area (Å²) in [5.41, 5.74) is 0.552. The van der Waals surface area contributed by atoms with Crippen LogP contribution < -0.4 is 9.47 Å². The van der Waals surface area contributed by atoms with Gasteiger partial charge < -0.3 is 14.4 Å². The maximum atomic E-state index is 8.95. The van der Waals surface area contributed by atoms with Gasteiger partial charge in [-0.2, -0.15) is 5.26 Å². The summed E-state index contributed by atoms with van der Waals surface area (Å²) in [7, 11) is 4.06. The van der Waals surface area contributed by atoms with Crippen LogP contribution in [0.2, 0.25) is 0 Å². The van der Waals surface area contributed by atoms with E-state index in [0.29, 0.717) is 30.3 Å². The molecule has 0 atom stereocenters. The maximum absolute atomic E-state index is 8.95. The molecule has 0 radical (unpaired) electrons. The van der Waals surface area contributed by atoms with Gasteiger partial charge in [-0.1, -0.05) is 0 Å². The first-order valence-electron chi connectivity index (χ1n) is 6.22. The quantitative estimate of drug-likeness (QED) is 0.722. The van der Waals surface area contributed by atoms with Crippen molar-refractivity contribution >= 4 is 15.9 Å². The third kappa shape index (κ3) is 5.09. The van der Waals surface area contributed by atoms with E-state index in [4.69, 9.17) is 14.7 Å². The monoisotopic (exact) mass is 326 g/mol. The number of hydrogen-bond acceptors (Lipinski definition) is 4. The van der Waals surface area contributed by atoms with Crippen LogP contribution in [0, 0.1) is 11.3 Å². The largest absolute Gasteiger partial charge is 0.490 e. The van der Waals surface area contributed by atoms with Gasteiger partial charge in [-0.3, -0.25) is 0 Å². The molecule has 0 saturated heterocycles. The molecule has 0 fully saturated rings. The lowest BCUT2D eigenvalue weighted by Crippen LogP contribution is -2.15. The van der Waals surface area contributed by atoms with E-state index in [-0.39, 0.29) is 0 Å². The minimum Gasteiger partial charge on any atom is -0.490 e. The van der Waals surface area contributed by atoms with Gasteiger partial charge in [0.1, 0.15) is 0 Å². The molecule has 19 heavy (non-hydrogen) atoms. The molecule has 0 aliphatic rings. The van der Waals surface area contributed by atoms with Crippen molar-refractivity contribution in [3.63, 3.8) is 0 Å². The smallest absolute Gasteiger partial charge is 0.175 e. The molecule has 0 aliphatic carbocycles. The number of rotatable bonds is 7. The first kappa shape index (κ1) is 15.8. The zero-order valence-corrected chi connectivity index (χ0v) is 13.2. The Labute approximate surface area is 123 Å². The first-order valence-corrected chi connectivity index (χ1v) is 7.01. The third-order valence-electron chi connectivity index (χ3n) is 2.43. The fraction of sp³-hybridized carbons (Fsp3) is 0.500.